The lowest BCUT2D eigenvalue weighted by molar-refractivity contribution is -0.128. The van der Waals surface area contributed by atoms with Gasteiger partial charge in [0, 0.05) is 6.54 Å². The van der Waals surface area contributed by atoms with Crippen LogP contribution in [-0.4, -0.2) is 23.2 Å². The van der Waals surface area contributed by atoms with Gasteiger partial charge in [0.1, 0.15) is 0 Å². The Morgan fingerprint density at radius 1 is 1.32 bits per heavy atom. The SMILES string of the molecule is Cc1ccc(C(C)(C)C(=O)NCC2(O)CCC2)cc1. The molecule has 0 aliphatic heterocycles. The molecule has 0 radical (unpaired) electrons. The molecular formula is C16H23NO2. The Morgan fingerprint density at radius 2 is 1.89 bits per heavy atom. The number of hydrogen-bond donors (Lipinski definition) is 2. The second-order valence-electron chi connectivity index (χ2n) is 6.25. The molecule has 1 amide bonds. The van der Waals surface area contributed by atoms with Crippen LogP contribution in [-0.2, 0) is 10.2 Å². The molecule has 1 aliphatic carbocycles. The van der Waals surface area contributed by atoms with Crippen LogP contribution < -0.4 is 5.32 Å². The summed E-state index contributed by atoms with van der Waals surface area (Å²) in [6, 6.07) is 8.02. The van der Waals surface area contributed by atoms with Crippen LogP contribution in [0.4, 0.5) is 0 Å². The van der Waals surface area contributed by atoms with Crippen molar-refractivity contribution in [3.63, 3.8) is 0 Å². The molecule has 1 saturated carbocycles. The van der Waals surface area contributed by atoms with Crippen molar-refractivity contribution in [2.75, 3.05) is 6.54 Å². The number of benzene rings is 1. The molecular weight excluding hydrogens is 238 g/mol. The van der Waals surface area contributed by atoms with Crippen LogP contribution in [0.15, 0.2) is 24.3 Å². The topological polar surface area (TPSA) is 49.3 Å². The number of carbonyl (C=O) groups excluding carboxylic acids is 1. The molecule has 0 heterocycles. The van der Waals surface area contributed by atoms with E-state index in [2.05, 4.69) is 5.32 Å². The smallest absolute Gasteiger partial charge is 0.230 e. The highest BCUT2D eigenvalue weighted by molar-refractivity contribution is 5.87. The van der Waals surface area contributed by atoms with Crippen LogP contribution >= 0.6 is 0 Å². The van der Waals surface area contributed by atoms with Crippen molar-refractivity contribution in [1.29, 1.82) is 0 Å². The number of nitrogens with one attached hydrogen (secondary N) is 1. The zero-order valence-electron chi connectivity index (χ0n) is 12.0. The highest BCUT2D eigenvalue weighted by atomic mass is 16.3. The van der Waals surface area contributed by atoms with Gasteiger partial charge < -0.3 is 10.4 Å². The van der Waals surface area contributed by atoms with Crippen molar-refractivity contribution in [2.45, 2.75) is 51.0 Å². The molecule has 19 heavy (non-hydrogen) atoms. The van der Waals surface area contributed by atoms with Gasteiger partial charge in [-0.3, -0.25) is 4.79 Å². The number of carbonyl (C=O) groups is 1. The van der Waals surface area contributed by atoms with E-state index in [1.54, 1.807) is 0 Å². The standard InChI is InChI=1S/C16H23NO2/c1-12-5-7-13(8-6-12)15(2,3)14(18)17-11-16(19)9-4-10-16/h5-8,19H,4,9-11H2,1-3H3,(H,17,18). The minimum absolute atomic E-state index is 0.0309. The molecule has 0 spiro atoms. The Morgan fingerprint density at radius 3 is 2.37 bits per heavy atom. The first-order valence-electron chi connectivity index (χ1n) is 6.91. The molecule has 2 rings (SSSR count). The van der Waals surface area contributed by atoms with Crippen LogP contribution in [0.2, 0.25) is 0 Å². The van der Waals surface area contributed by atoms with E-state index in [0.29, 0.717) is 6.54 Å². The van der Waals surface area contributed by atoms with Crippen LogP contribution in [0, 0.1) is 6.92 Å². The molecule has 3 heteroatoms. The van der Waals surface area contributed by atoms with E-state index < -0.39 is 11.0 Å². The molecule has 0 unspecified atom stereocenters. The molecule has 104 valence electrons. The van der Waals surface area contributed by atoms with Crippen LogP contribution in [0.3, 0.4) is 0 Å². The summed E-state index contributed by atoms with van der Waals surface area (Å²) in [6.45, 7) is 6.22. The Hall–Kier alpha value is -1.35. The third kappa shape index (κ3) is 2.98. The van der Waals surface area contributed by atoms with Gasteiger partial charge >= 0.3 is 0 Å². The molecule has 0 atom stereocenters. The fourth-order valence-corrected chi connectivity index (χ4v) is 2.33. The third-order valence-electron chi connectivity index (χ3n) is 4.20. The van der Waals surface area contributed by atoms with Gasteiger partial charge in [-0.25, -0.2) is 0 Å². The number of hydrogen-bond acceptors (Lipinski definition) is 2. The molecule has 1 aromatic carbocycles. The molecule has 1 fully saturated rings. The number of amides is 1. The molecule has 0 saturated heterocycles. The van der Waals surface area contributed by atoms with Crippen LogP contribution in [0.1, 0.15) is 44.2 Å². The van der Waals surface area contributed by atoms with Crippen molar-refractivity contribution in [2.24, 2.45) is 0 Å². The summed E-state index contributed by atoms with van der Waals surface area (Å²) >= 11 is 0. The highest BCUT2D eigenvalue weighted by Crippen LogP contribution is 2.31. The Labute approximate surface area is 115 Å². The lowest BCUT2D eigenvalue weighted by atomic mass is 9.79. The van der Waals surface area contributed by atoms with E-state index in [0.717, 1.165) is 24.8 Å². The fraction of sp³-hybridized carbons (Fsp3) is 0.562. The zero-order valence-corrected chi connectivity index (χ0v) is 12.0. The largest absolute Gasteiger partial charge is 0.388 e. The van der Waals surface area contributed by atoms with Gasteiger partial charge in [0.25, 0.3) is 0 Å². The monoisotopic (exact) mass is 261 g/mol. The maximum absolute atomic E-state index is 12.3. The van der Waals surface area contributed by atoms with E-state index in [9.17, 15) is 9.90 Å². The van der Waals surface area contributed by atoms with Gasteiger partial charge in [-0.2, -0.15) is 0 Å². The maximum Gasteiger partial charge on any atom is 0.230 e. The van der Waals surface area contributed by atoms with E-state index >= 15 is 0 Å². The Balaban J connectivity index is 2.01. The molecule has 3 nitrogen and oxygen atoms in total. The first-order chi connectivity index (χ1) is 8.83. The summed E-state index contributed by atoms with van der Waals surface area (Å²) in [4.78, 5) is 12.3. The van der Waals surface area contributed by atoms with E-state index in [-0.39, 0.29) is 5.91 Å². The first kappa shape index (κ1) is 14.1. The van der Waals surface area contributed by atoms with Gasteiger partial charge in [-0.15, -0.1) is 0 Å². The summed E-state index contributed by atoms with van der Waals surface area (Å²) in [6.07, 6.45) is 2.63. The summed E-state index contributed by atoms with van der Waals surface area (Å²) in [5.74, 6) is -0.0309. The summed E-state index contributed by atoms with van der Waals surface area (Å²) in [5, 5.41) is 12.9. The van der Waals surface area contributed by atoms with Gasteiger partial charge in [-0.05, 0) is 45.6 Å². The summed E-state index contributed by atoms with van der Waals surface area (Å²) in [7, 11) is 0. The van der Waals surface area contributed by atoms with E-state index in [1.165, 1.54) is 5.56 Å². The fourth-order valence-electron chi connectivity index (χ4n) is 2.33. The molecule has 1 aromatic rings. The minimum atomic E-state index is -0.668. The predicted molar refractivity (Wildman–Crippen MR) is 76.0 cm³/mol. The minimum Gasteiger partial charge on any atom is -0.388 e. The van der Waals surface area contributed by atoms with Gasteiger partial charge in [-0.1, -0.05) is 29.8 Å². The molecule has 2 N–H and O–H groups in total. The normalized spacial score (nSPS) is 17.7. The van der Waals surface area contributed by atoms with Crippen molar-refractivity contribution >= 4 is 5.91 Å². The first-order valence-corrected chi connectivity index (χ1v) is 6.91. The average Bonchev–Trinajstić information content (AvgIpc) is 2.34. The summed E-state index contributed by atoms with van der Waals surface area (Å²) < 4.78 is 0. The third-order valence-corrected chi connectivity index (χ3v) is 4.20. The molecule has 1 aliphatic rings. The number of aryl methyl sites for hydroxylation is 1. The lowest BCUT2D eigenvalue weighted by Crippen LogP contribution is -2.51. The van der Waals surface area contributed by atoms with Gasteiger partial charge in [0.15, 0.2) is 0 Å². The Bertz CT molecular complexity index is 458. The molecule has 0 bridgehead atoms. The van der Waals surface area contributed by atoms with Crippen molar-refractivity contribution in [3.05, 3.63) is 35.4 Å². The second-order valence-corrected chi connectivity index (χ2v) is 6.25. The molecule has 0 aromatic heterocycles. The highest BCUT2D eigenvalue weighted by Gasteiger charge is 2.37. The van der Waals surface area contributed by atoms with E-state index in [1.807, 2.05) is 45.0 Å². The van der Waals surface area contributed by atoms with E-state index in [4.69, 9.17) is 0 Å². The number of aliphatic hydroxyl groups is 1. The average molecular weight is 261 g/mol. The second kappa shape index (κ2) is 4.97. The lowest BCUT2D eigenvalue weighted by Gasteiger charge is -2.37. The van der Waals surface area contributed by atoms with Crippen molar-refractivity contribution in [1.82, 2.24) is 5.32 Å². The van der Waals surface area contributed by atoms with Crippen molar-refractivity contribution < 1.29 is 9.90 Å². The van der Waals surface area contributed by atoms with Crippen LogP contribution in [0.5, 0.6) is 0 Å². The zero-order chi connectivity index (χ0) is 14.1. The quantitative estimate of drug-likeness (QED) is 0.873. The van der Waals surface area contributed by atoms with Gasteiger partial charge in [0.2, 0.25) is 5.91 Å². The van der Waals surface area contributed by atoms with Crippen LogP contribution in [0.25, 0.3) is 0 Å². The maximum atomic E-state index is 12.3. The van der Waals surface area contributed by atoms with Crippen molar-refractivity contribution in [3.8, 4) is 0 Å². The predicted octanol–water partition coefficient (Wildman–Crippen LogP) is 2.30. The Kier molecular flexibility index (Phi) is 3.68. The number of rotatable bonds is 4. The van der Waals surface area contributed by atoms with Gasteiger partial charge in [0.05, 0.1) is 11.0 Å². The summed E-state index contributed by atoms with van der Waals surface area (Å²) in [5.41, 5.74) is 0.937.